The number of carboxylic acids is 1. The lowest BCUT2D eigenvalue weighted by molar-refractivity contribution is -0.137. The number of carbonyl (C=O) groups is 1. The number of aromatic nitrogens is 1. The van der Waals surface area contributed by atoms with Crippen molar-refractivity contribution in [3.05, 3.63) is 78.1 Å². The second-order valence-corrected chi connectivity index (χ2v) is 8.46. The molecule has 1 aromatic heterocycles. The molecule has 0 amide bonds. The third-order valence-corrected chi connectivity index (χ3v) is 5.49. The fourth-order valence-corrected chi connectivity index (χ4v) is 3.82. The van der Waals surface area contributed by atoms with Crippen molar-refractivity contribution in [3.63, 3.8) is 0 Å². The Kier molecular flexibility index (Phi) is 6.65. The zero-order valence-electron chi connectivity index (χ0n) is 19.5. The van der Waals surface area contributed by atoms with Gasteiger partial charge in [-0.15, -0.1) is 0 Å². The van der Waals surface area contributed by atoms with Crippen LogP contribution in [0.5, 0.6) is 5.75 Å². The molecule has 35 heavy (non-hydrogen) atoms. The van der Waals surface area contributed by atoms with Crippen LogP contribution in [0.3, 0.4) is 0 Å². The lowest BCUT2D eigenvalue weighted by Crippen LogP contribution is -2.26. The fraction of sp³-hybridized carbons (Fsp3) is 0.179. The van der Waals surface area contributed by atoms with E-state index >= 15 is 0 Å². The molecule has 0 aliphatic rings. The van der Waals surface area contributed by atoms with E-state index in [0.717, 1.165) is 16.9 Å². The number of carboxylic acid groups (broad SMARTS) is 1. The van der Waals surface area contributed by atoms with Crippen LogP contribution in [0.4, 0.5) is 10.1 Å². The molecule has 1 heterocycles. The summed E-state index contributed by atoms with van der Waals surface area (Å²) < 4.78 is 19.8. The first-order chi connectivity index (χ1) is 16.8. The number of hydrogen-bond donors (Lipinski definition) is 2. The SMILES string of the molecule is CC(C)Oc1cccc(-c2ccc(-c3nc4ccc(F)cc4c(NC(C)C(=O)O)c3C#N)cc2)c1. The largest absolute Gasteiger partial charge is 0.491 e. The molecular weight excluding hydrogens is 445 g/mol. The van der Waals surface area contributed by atoms with Crippen LogP contribution in [0.15, 0.2) is 66.7 Å². The van der Waals surface area contributed by atoms with E-state index in [0.29, 0.717) is 22.2 Å². The van der Waals surface area contributed by atoms with Gasteiger partial charge in [-0.05, 0) is 62.2 Å². The Morgan fingerprint density at radius 2 is 1.74 bits per heavy atom. The van der Waals surface area contributed by atoms with Gasteiger partial charge < -0.3 is 15.2 Å². The lowest BCUT2D eigenvalue weighted by atomic mass is 9.98. The van der Waals surface area contributed by atoms with Crippen LogP contribution in [0.1, 0.15) is 26.3 Å². The van der Waals surface area contributed by atoms with Crippen LogP contribution in [-0.2, 0) is 4.79 Å². The van der Waals surface area contributed by atoms with Gasteiger partial charge in [0.15, 0.2) is 0 Å². The molecule has 4 aromatic rings. The Hall–Kier alpha value is -4.44. The van der Waals surface area contributed by atoms with Gasteiger partial charge in [0.1, 0.15) is 29.2 Å². The highest BCUT2D eigenvalue weighted by atomic mass is 19.1. The summed E-state index contributed by atoms with van der Waals surface area (Å²) in [6.45, 7) is 5.40. The lowest BCUT2D eigenvalue weighted by Gasteiger charge is -2.17. The summed E-state index contributed by atoms with van der Waals surface area (Å²) in [5, 5.41) is 22.6. The minimum Gasteiger partial charge on any atom is -0.491 e. The predicted molar refractivity (Wildman–Crippen MR) is 134 cm³/mol. The average molecular weight is 470 g/mol. The van der Waals surface area contributed by atoms with Crippen LogP contribution < -0.4 is 10.1 Å². The van der Waals surface area contributed by atoms with Crippen LogP contribution in [0.2, 0.25) is 0 Å². The number of fused-ring (bicyclic) bond motifs is 1. The van der Waals surface area contributed by atoms with Gasteiger partial charge in [-0.1, -0.05) is 36.4 Å². The van der Waals surface area contributed by atoms with Gasteiger partial charge in [0.2, 0.25) is 0 Å². The van der Waals surface area contributed by atoms with Crippen molar-refractivity contribution < 1.29 is 19.0 Å². The molecule has 176 valence electrons. The first-order valence-corrected chi connectivity index (χ1v) is 11.2. The smallest absolute Gasteiger partial charge is 0.325 e. The number of ether oxygens (including phenoxy) is 1. The molecule has 2 N–H and O–H groups in total. The number of halogens is 1. The molecule has 0 saturated heterocycles. The number of hydrogen-bond acceptors (Lipinski definition) is 5. The van der Waals surface area contributed by atoms with Crippen molar-refractivity contribution in [1.29, 1.82) is 5.26 Å². The number of nitrogens with zero attached hydrogens (tertiary/aromatic N) is 2. The molecule has 1 unspecified atom stereocenters. The Bertz CT molecular complexity index is 1440. The summed E-state index contributed by atoms with van der Waals surface area (Å²) in [5.74, 6) is -0.820. The van der Waals surface area contributed by atoms with Gasteiger partial charge in [-0.2, -0.15) is 5.26 Å². The van der Waals surface area contributed by atoms with E-state index in [1.807, 2.05) is 62.4 Å². The standard InChI is InChI=1S/C28H24FN3O3/c1-16(2)35-22-6-4-5-20(13-22)18-7-9-19(10-8-18)26-24(15-30)27(31-17(3)28(33)34)23-14-21(29)11-12-25(23)32-26/h4-14,16-17H,1-3H3,(H,31,32)(H,33,34). The molecule has 6 nitrogen and oxygen atoms in total. The van der Waals surface area contributed by atoms with Crippen molar-refractivity contribution in [2.45, 2.75) is 32.9 Å². The van der Waals surface area contributed by atoms with Crippen molar-refractivity contribution in [2.75, 3.05) is 5.32 Å². The van der Waals surface area contributed by atoms with Crippen LogP contribution in [-0.4, -0.2) is 28.2 Å². The monoisotopic (exact) mass is 469 g/mol. The second-order valence-electron chi connectivity index (χ2n) is 8.46. The quantitative estimate of drug-likeness (QED) is 0.332. The molecule has 0 radical (unpaired) electrons. The van der Waals surface area contributed by atoms with Gasteiger partial charge in [-0.3, -0.25) is 4.79 Å². The van der Waals surface area contributed by atoms with E-state index in [2.05, 4.69) is 16.4 Å². The predicted octanol–water partition coefficient (Wildman–Crippen LogP) is 6.25. The first kappa shape index (κ1) is 23.7. The van der Waals surface area contributed by atoms with E-state index in [1.165, 1.54) is 25.1 Å². The number of nitrogens with one attached hydrogen (secondary N) is 1. The maximum absolute atomic E-state index is 14.0. The van der Waals surface area contributed by atoms with E-state index < -0.39 is 17.8 Å². The number of anilines is 1. The topological polar surface area (TPSA) is 95.2 Å². The zero-order chi connectivity index (χ0) is 25.1. The van der Waals surface area contributed by atoms with Crippen molar-refractivity contribution >= 4 is 22.6 Å². The van der Waals surface area contributed by atoms with Crippen molar-refractivity contribution in [3.8, 4) is 34.2 Å². The molecule has 3 aromatic carbocycles. The summed E-state index contributed by atoms with van der Waals surface area (Å²) >= 11 is 0. The number of rotatable bonds is 7. The molecular formula is C28H24FN3O3. The third-order valence-electron chi connectivity index (χ3n) is 5.49. The van der Waals surface area contributed by atoms with Gasteiger partial charge >= 0.3 is 5.97 Å². The van der Waals surface area contributed by atoms with Gasteiger partial charge in [0.05, 0.1) is 23.0 Å². The van der Waals surface area contributed by atoms with Gasteiger partial charge in [0.25, 0.3) is 0 Å². The highest BCUT2D eigenvalue weighted by molar-refractivity contribution is 5.99. The van der Waals surface area contributed by atoms with Crippen molar-refractivity contribution in [2.24, 2.45) is 0 Å². The minimum atomic E-state index is -1.09. The summed E-state index contributed by atoms with van der Waals surface area (Å²) in [6.07, 6.45) is 0.0659. The van der Waals surface area contributed by atoms with Crippen LogP contribution >= 0.6 is 0 Å². The number of benzene rings is 3. The Morgan fingerprint density at radius 3 is 2.40 bits per heavy atom. The van der Waals surface area contributed by atoms with Gasteiger partial charge in [-0.25, -0.2) is 9.37 Å². The maximum Gasteiger partial charge on any atom is 0.325 e. The normalized spacial score (nSPS) is 11.8. The number of aliphatic carboxylic acids is 1. The summed E-state index contributed by atoms with van der Waals surface area (Å²) in [5.41, 5.74) is 3.84. The van der Waals surface area contributed by atoms with Crippen molar-refractivity contribution in [1.82, 2.24) is 4.98 Å². The zero-order valence-corrected chi connectivity index (χ0v) is 19.5. The van der Waals surface area contributed by atoms with E-state index in [4.69, 9.17) is 4.74 Å². The molecule has 0 spiro atoms. The summed E-state index contributed by atoms with van der Waals surface area (Å²) in [6, 6.07) is 20.5. The average Bonchev–Trinajstić information content (AvgIpc) is 2.83. The first-order valence-electron chi connectivity index (χ1n) is 11.2. The fourth-order valence-electron chi connectivity index (χ4n) is 3.82. The van der Waals surface area contributed by atoms with Gasteiger partial charge in [0, 0.05) is 10.9 Å². The second kappa shape index (κ2) is 9.82. The van der Waals surface area contributed by atoms with E-state index in [9.17, 15) is 19.6 Å². The van der Waals surface area contributed by atoms with Crippen LogP contribution in [0, 0.1) is 17.1 Å². The molecule has 0 aliphatic heterocycles. The molecule has 1 atom stereocenters. The third kappa shape index (κ3) is 5.07. The maximum atomic E-state index is 14.0. The molecule has 0 bridgehead atoms. The highest BCUT2D eigenvalue weighted by Crippen LogP contribution is 2.35. The summed E-state index contributed by atoms with van der Waals surface area (Å²) in [4.78, 5) is 16.1. The van der Waals surface area contributed by atoms with Crippen LogP contribution in [0.25, 0.3) is 33.3 Å². The summed E-state index contributed by atoms with van der Waals surface area (Å²) in [7, 11) is 0. The Balaban J connectivity index is 1.81. The molecule has 7 heteroatoms. The molecule has 0 aliphatic carbocycles. The Morgan fingerprint density at radius 1 is 1.03 bits per heavy atom. The van der Waals surface area contributed by atoms with E-state index in [-0.39, 0.29) is 17.4 Å². The molecule has 4 rings (SSSR count). The highest BCUT2D eigenvalue weighted by Gasteiger charge is 2.21. The Labute approximate surface area is 202 Å². The molecule has 0 saturated carbocycles. The minimum absolute atomic E-state index is 0.0659. The number of pyridine rings is 1. The van der Waals surface area contributed by atoms with E-state index in [1.54, 1.807) is 0 Å². The molecule has 0 fully saturated rings. The number of nitriles is 1.